The first kappa shape index (κ1) is 28.5. The zero-order valence-electron chi connectivity index (χ0n) is 22.6. The minimum atomic E-state index is -4.41. The number of morpholine rings is 1. The number of nitrogens with two attached hydrogens (primary N) is 1. The summed E-state index contributed by atoms with van der Waals surface area (Å²) in [5.41, 5.74) is 10.1. The van der Waals surface area contributed by atoms with E-state index in [1.54, 1.807) is 4.90 Å². The van der Waals surface area contributed by atoms with Crippen molar-refractivity contribution >= 4 is 17.6 Å². The largest absolute Gasteiger partial charge is 0.416 e. The van der Waals surface area contributed by atoms with Gasteiger partial charge in [-0.2, -0.15) is 13.2 Å². The van der Waals surface area contributed by atoms with Crippen LogP contribution < -0.4 is 16.0 Å². The van der Waals surface area contributed by atoms with Crippen molar-refractivity contribution < 1.29 is 27.5 Å². The van der Waals surface area contributed by atoms with Gasteiger partial charge < -0.3 is 25.6 Å². The lowest BCUT2D eigenvalue weighted by atomic mass is 9.89. The van der Waals surface area contributed by atoms with E-state index in [0.717, 1.165) is 40.1 Å². The van der Waals surface area contributed by atoms with E-state index in [1.165, 1.54) is 12.1 Å². The number of urea groups is 1. The monoisotopic (exact) mass is 566 g/mol. The standard InChI is InChI=1S/C31H33F3N4O3/c32-31(33,34)24-8-6-21(7-9-24)27-19-25(37-14-16-41-17-15-37)18-23-20-38(13-12-26(23)27)30(40)36-28(10-11-29(35)39)22-4-2-1-3-5-22/h1-9,18-19,28H,10-17,20H2,(H2,35,39)(H,36,40)/t28-/m0/s1. The fraction of sp³-hybridized carbons (Fsp3) is 0.355. The number of hydrogen-bond acceptors (Lipinski definition) is 4. The maximum atomic E-state index is 13.5. The Morgan fingerprint density at radius 2 is 1.68 bits per heavy atom. The van der Waals surface area contributed by atoms with Crippen LogP contribution in [-0.2, 0) is 28.7 Å². The Hall–Kier alpha value is -4.05. The lowest BCUT2D eigenvalue weighted by Gasteiger charge is -2.35. The van der Waals surface area contributed by atoms with Crippen LogP contribution in [0.15, 0.2) is 66.7 Å². The summed E-state index contributed by atoms with van der Waals surface area (Å²) in [7, 11) is 0. The van der Waals surface area contributed by atoms with Gasteiger partial charge in [0.05, 0.1) is 24.8 Å². The van der Waals surface area contributed by atoms with Crippen LogP contribution >= 0.6 is 0 Å². The highest BCUT2D eigenvalue weighted by atomic mass is 19.4. The summed E-state index contributed by atoms with van der Waals surface area (Å²) < 4.78 is 45.2. The highest BCUT2D eigenvalue weighted by Crippen LogP contribution is 2.37. The SMILES string of the molecule is NC(=O)CC[C@H](NC(=O)N1CCc2c(cc(N3CCOCC3)cc2-c2ccc(C(F)(F)F)cc2)C1)c1ccccc1. The molecule has 5 rings (SSSR count). The zero-order valence-corrected chi connectivity index (χ0v) is 22.6. The Labute approximate surface area is 237 Å². The fourth-order valence-electron chi connectivity index (χ4n) is 5.49. The van der Waals surface area contributed by atoms with Crippen LogP contribution in [-0.4, -0.2) is 49.7 Å². The maximum Gasteiger partial charge on any atom is 0.416 e. The van der Waals surface area contributed by atoms with E-state index in [0.29, 0.717) is 57.8 Å². The van der Waals surface area contributed by atoms with Crippen LogP contribution in [0.1, 0.15) is 41.1 Å². The van der Waals surface area contributed by atoms with E-state index < -0.39 is 17.6 Å². The highest BCUT2D eigenvalue weighted by molar-refractivity contribution is 5.78. The number of carbonyl (C=O) groups is 2. The van der Waals surface area contributed by atoms with Gasteiger partial charge in [-0.05, 0) is 64.9 Å². The van der Waals surface area contributed by atoms with Gasteiger partial charge in [0.25, 0.3) is 0 Å². The third-order valence-corrected chi connectivity index (χ3v) is 7.69. The second-order valence-corrected chi connectivity index (χ2v) is 10.4. The van der Waals surface area contributed by atoms with Crippen molar-refractivity contribution in [3.63, 3.8) is 0 Å². The number of carbonyl (C=O) groups excluding carboxylic acids is 2. The molecule has 3 amide bonds. The molecule has 2 aliphatic heterocycles. The number of fused-ring (bicyclic) bond motifs is 1. The Kier molecular flexibility index (Phi) is 8.49. The molecule has 2 heterocycles. The van der Waals surface area contributed by atoms with Gasteiger partial charge in [0.15, 0.2) is 0 Å². The predicted octanol–water partition coefficient (Wildman–Crippen LogP) is 5.28. The molecular formula is C31H33F3N4O3. The fourth-order valence-corrected chi connectivity index (χ4v) is 5.49. The summed E-state index contributed by atoms with van der Waals surface area (Å²) in [6.45, 7) is 3.38. The van der Waals surface area contributed by atoms with E-state index in [4.69, 9.17) is 10.5 Å². The lowest BCUT2D eigenvalue weighted by molar-refractivity contribution is -0.137. The number of amides is 3. The summed E-state index contributed by atoms with van der Waals surface area (Å²) in [6.07, 6.45) is -3.33. The van der Waals surface area contributed by atoms with E-state index in [9.17, 15) is 22.8 Å². The number of alkyl halides is 3. The molecule has 0 spiro atoms. The topological polar surface area (TPSA) is 87.9 Å². The molecule has 0 saturated carbocycles. The molecule has 216 valence electrons. The number of rotatable bonds is 7. The number of primary amides is 1. The minimum Gasteiger partial charge on any atom is -0.378 e. The molecule has 0 unspecified atom stereocenters. The quantitative estimate of drug-likeness (QED) is 0.407. The van der Waals surface area contributed by atoms with Gasteiger partial charge in [-0.3, -0.25) is 4.79 Å². The summed E-state index contributed by atoms with van der Waals surface area (Å²) in [5, 5.41) is 3.08. The first-order chi connectivity index (χ1) is 19.7. The average molecular weight is 567 g/mol. The van der Waals surface area contributed by atoms with E-state index in [1.807, 2.05) is 36.4 Å². The van der Waals surface area contributed by atoms with E-state index in [-0.39, 0.29) is 18.5 Å². The molecule has 7 nitrogen and oxygen atoms in total. The Bertz CT molecular complexity index is 1370. The molecule has 0 aromatic heterocycles. The Morgan fingerprint density at radius 3 is 2.34 bits per heavy atom. The van der Waals surface area contributed by atoms with Gasteiger partial charge in [-0.15, -0.1) is 0 Å². The Balaban J connectivity index is 1.42. The maximum absolute atomic E-state index is 13.5. The summed E-state index contributed by atoms with van der Waals surface area (Å²) in [5.74, 6) is -0.432. The van der Waals surface area contributed by atoms with E-state index in [2.05, 4.69) is 16.3 Å². The molecule has 0 aliphatic carbocycles. The highest BCUT2D eigenvalue weighted by Gasteiger charge is 2.31. The van der Waals surface area contributed by atoms with Crippen molar-refractivity contribution in [3.8, 4) is 11.1 Å². The molecule has 0 radical (unpaired) electrons. The predicted molar refractivity (Wildman–Crippen MR) is 150 cm³/mol. The molecule has 1 atom stereocenters. The second-order valence-electron chi connectivity index (χ2n) is 10.4. The smallest absolute Gasteiger partial charge is 0.378 e. The van der Waals surface area contributed by atoms with Gasteiger partial charge in [-0.1, -0.05) is 42.5 Å². The van der Waals surface area contributed by atoms with Crippen LogP contribution in [0.4, 0.5) is 23.7 Å². The molecule has 41 heavy (non-hydrogen) atoms. The van der Waals surface area contributed by atoms with Crippen LogP contribution in [0.5, 0.6) is 0 Å². The van der Waals surface area contributed by atoms with Crippen molar-refractivity contribution in [1.29, 1.82) is 0 Å². The molecule has 3 N–H and O–H groups in total. The molecule has 2 aliphatic rings. The molecule has 0 bridgehead atoms. The van der Waals surface area contributed by atoms with Crippen molar-refractivity contribution in [2.75, 3.05) is 37.7 Å². The van der Waals surface area contributed by atoms with Gasteiger partial charge in [0, 0.05) is 38.3 Å². The number of nitrogens with zero attached hydrogens (tertiary/aromatic N) is 2. The Morgan fingerprint density at radius 1 is 0.976 bits per heavy atom. The number of ether oxygens (including phenoxy) is 1. The molecule has 3 aromatic rings. The second kappa shape index (κ2) is 12.2. The molecule has 1 saturated heterocycles. The van der Waals surface area contributed by atoms with Crippen molar-refractivity contribution in [2.45, 2.75) is 38.0 Å². The number of hydrogen-bond donors (Lipinski definition) is 2. The lowest BCUT2D eigenvalue weighted by Crippen LogP contribution is -2.44. The summed E-state index contributed by atoms with van der Waals surface area (Å²) in [4.78, 5) is 28.9. The van der Waals surface area contributed by atoms with Gasteiger partial charge in [-0.25, -0.2) is 4.79 Å². The third-order valence-electron chi connectivity index (χ3n) is 7.69. The average Bonchev–Trinajstić information content (AvgIpc) is 2.98. The van der Waals surface area contributed by atoms with Crippen LogP contribution in [0.2, 0.25) is 0 Å². The molecular weight excluding hydrogens is 533 g/mol. The van der Waals surface area contributed by atoms with Crippen molar-refractivity contribution in [1.82, 2.24) is 10.2 Å². The number of anilines is 1. The van der Waals surface area contributed by atoms with Gasteiger partial charge in [0.1, 0.15) is 0 Å². The summed E-state index contributed by atoms with van der Waals surface area (Å²) in [6, 6.07) is 18.2. The first-order valence-electron chi connectivity index (χ1n) is 13.7. The zero-order chi connectivity index (χ0) is 29.0. The van der Waals surface area contributed by atoms with Gasteiger partial charge in [0.2, 0.25) is 5.91 Å². The summed E-state index contributed by atoms with van der Waals surface area (Å²) >= 11 is 0. The third kappa shape index (κ3) is 6.82. The molecule has 10 heteroatoms. The minimum absolute atomic E-state index is 0.141. The first-order valence-corrected chi connectivity index (χ1v) is 13.7. The molecule has 1 fully saturated rings. The number of nitrogens with one attached hydrogen (secondary N) is 1. The number of benzene rings is 3. The van der Waals surface area contributed by atoms with Crippen molar-refractivity contribution in [2.24, 2.45) is 5.73 Å². The molecule has 3 aromatic carbocycles. The van der Waals surface area contributed by atoms with E-state index >= 15 is 0 Å². The van der Waals surface area contributed by atoms with Crippen LogP contribution in [0.25, 0.3) is 11.1 Å². The number of halogens is 3. The van der Waals surface area contributed by atoms with Gasteiger partial charge >= 0.3 is 12.2 Å². The normalized spacial score (nSPS) is 16.2. The van der Waals surface area contributed by atoms with Crippen LogP contribution in [0, 0.1) is 0 Å². The van der Waals surface area contributed by atoms with Crippen molar-refractivity contribution in [3.05, 3.63) is 89.0 Å². The van der Waals surface area contributed by atoms with Crippen LogP contribution in [0.3, 0.4) is 0 Å².